The van der Waals surface area contributed by atoms with Crippen LogP contribution in [0.2, 0.25) is 0 Å². The first-order valence-corrected chi connectivity index (χ1v) is 7.50. The second-order valence-electron chi connectivity index (χ2n) is 5.37. The summed E-state index contributed by atoms with van der Waals surface area (Å²) in [5.41, 5.74) is 5.05. The van der Waals surface area contributed by atoms with E-state index in [0.29, 0.717) is 28.3 Å². The average Bonchev–Trinajstić information content (AvgIpc) is 3.08. The van der Waals surface area contributed by atoms with Gasteiger partial charge in [-0.05, 0) is 19.1 Å². The lowest BCUT2D eigenvalue weighted by Crippen LogP contribution is -2.29. The van der Waals surface area contributed by atoms with E-state index in [1.165, 1.54) is 4.68 Å². The molecule has 0 saturated heterocycles. The highest BCUT2D eigenvalue weighted by Gasteiger charge is 2.11. The van der Waals surface area contributed by atoms with Crippen LogP contribution in [-0.2, 0) is 0 Å². The van der Waals surface area contributed by atoms with Gasteiger partial charge in [-0.1, -0.05) is 47.6 Å². The summed E-state index contributed by atoms with van der Waals surface area (Å²) in [6.07, 6.45) is 0. The summed E-state index contributed by atoms with van der Waals surface area (Å²) < 4.78 is 6.66. The molecule has 0 saturated carbocycles. The van der Waals surface area contributed by atoms with E-state index in [2.05, 4.69) is 15.6 Å². The summed E-state index contributed by atoms with van der Waals surface area (Å²) in [4.78, 5) is 17.1. The van der Waals surface area contributed by atoms with Gasteiger partial charge in [0.05, 0.1) is 10.9 Å². The van der Waals surface area contributed by atoms with Crippen LogP contribution in [-0.4, -0.2) is 14.8 Å². The minimum Gasteiger partial charge on any atom is -0.336 e. The van der Waals surface area contributed by atoms with E-state index in [1.54, 1.807) is 19.1 Å². The highest BCUT2D eigenvalue weighted by atomic mass is 16.5. The van der Waals surface area contributed by atoms with Gasteiger partial charge in [-0.15, -0.1) is 0 Å². The molecule has 0 aliphatic carbocycles. The number of nitrogens with zero attached hydrogens (tertiary/aromatic N) is 3. The van der Waals surface area contributed by atoms with Crippen LogP contribution in [0.15, 0.2) is 70.0 Å². The fourth-order valence-corrected chi connectivity index (χ4v) is 2.56. The van der Waals surface area contributed by atoms with Crippen LogP contribution < -0.4 is 11.0 Å². The Bertz CT molecular complexity index is 1070. The van der Waals surface area contributed by atoms with Gasteiger partial charge in [0.1, 0.15) is 11.5 Å². The molecule has 0 fully saturated rings. The van der Waals surface area contributed by atoms with Crippen LogP contribution in [0.5, 0.6) is 0 Å². The number of hydrogen-bond acceptors (Lipinski definition) is 5. The first kappa shape index (κ1) is 14.2. The van der Waals surface area contributed by atoms with Crippen molar-refractivity contribution in [2.45, 2.75) is 6.92 Å². The fourth-order valence-electron chi connectivity index (χ4n) is 2.56. The molecule has 0 atom stereocenters. The maximum atomic E-state index is 12.6. The van der Waals surface area contributed by atoms with Crippen molar-refractivity contribution in [2.75, 3.05) is 5.43 Å². The van der Waals surface area contributed by atoms with E-state index in [9.17, 15) is 4.79 Å². The zero-order valence-electron chi connectivity index (χ0n) is 12.9. The Morgan fingerprint density at radius 3 is 2.62 bits per heavy atom. The smallest absolute Gasteiger partial charge is 0.280 e. The topological polar surface area (TPSA) is 73.0 Å². The number of rotatable bonds is 3. The first-order valence-electron chi connectivity index (χ1n) is 7.50. The number of nitrogens with one attached hydrogen (secondary N) is 1. The van der Waals surface area contributed by atoms with Gasteiger partial charge in [-0.2, -0.15) is 0 Å². The molecule has 2 aromatic carbocycles. The van der Waals surface area contributed by atoms with Crippen LogP contribution in [0.3, 0.4) is 0 Å². The van der Waals surface area contributed by atoms with Crippen molar-refractivity contribution < 1.29 is 4.52 Å². The fraction of sp³-hybridized carbons (Fsp3) is 0.0556. The molecular formula is C18H14N4O2. The summed E-state index contributed by atoms with van der Waals surface area (Å²) in [6.45, 7) is 1.76. The summed E-state index contributed by atoms with van der Waals surface area (Å²) >= 11 is 0. The van der Waals surface area contributed by atoms with Gasteiger partial charge in [0.25, 0.3) is 5.56 Å². The maximum Gasteiger partial charge on any atom is 0.280 e. The predicted octanol–water partition coefficient (Wildman–Crippen LogP) is 3.24. The van der Waals surface area contributed by atoms with Crippen molar-refractivity contribution in [1.82, 2.24) is 14.8 Å². The summed E-state index contributed by atoms with van der Waals surface area (Å²) in [6, 6.07) is 18.7. The Kier molecular flexibility index (Phi) is 3.35. The van der Waals surface area contributed by atoms with Gasteiger partial charge in [-0.25, -0.2) is 9.66 Å². The standard InChI is InChI=1S/C18H14N4O2/c1-12-19-15-10-6-5-9-14(15)18(23)22(12)20-17-11-16(21-24-17)13-7-3-2-4-8-13/h2-11,20H,1H3. The molecule has 0 bridgehead atoms. The molecule has 0 aliphatic heterocycles. The van der Waals surface area contributed by atoms with E-state index in [1.807, 2.05) is 48.5 Å². The lowest BCUT2D eigenvalue weighted by atomic mass is 10.2. The monoisotopic (exact) mass is 318 g/mol. The lowest BCUT2D eigenvalue weighted by Gasteiger charge is -2.10. The summed E-state index contributed by atoms with van der Waals surface area (Å²) in [5.74, 6) is 0.910. The molecule has 24 heavy (non-hydrogen) atoms. The third-order valence-electron chi connectivity index (χ3n) is 3.75. The van der Waals surface area contributed by atoms with Gasteiger partial charge in [0.15, 0.2) is 0 Å². The van der Waals surface area contributed by atoms with Crippen molar-refractivity contribution in [1.29, 1.82) is 0 Å². The minimum absolute atomic E-state index is 0.184. The molecule has 0 spiro atoms. The zero-order chi connectivity index (χ0) is 16.5. The number of anilines is 1. The number of aromatic nitrogens is 3. The molecular weight excluding hydrogens is 304 g/mol. The molecule has 6 heteroatoms. The van der Waals surface area contributed by atoms with E-state index >= 15 is 0 Å². The van der Waals surface area contributed by atoms with Gasteiger partial charge in [-0.3, -0.25) is 10.2 Å². The Labute approximate surface area is 137 Å². The molecule has 0 unspecified atom stereocenters. The average molecular weight is 318 g/mol. The molecule has 1 N–H and O–H groups in total. The molecule has 2 heterocycles. The summed E-state index contributed by atoms with van der Waals surface area (Å²) in [7, 11) is 0. The number of hydrogen-bond donors (Lipinski definition) is 1. The van der Waals surface area contributed by atoms with E-state index in [4.69, 9.17) is 4.52 Å². The Morgan fingerprint density at radius 1 is 1.04 bits per heavy atom. The van der Waals surface area contributed by atoms with Crippen LogP contribution >= 0.6 is 0 Å². The molecule has 4 rings (SSSR count). The van der Waals surface area contributed by atoms with Gasteiger partial charge < -0.3 is 4.52 Å². The number of benzene rings is 2. The van der Waals surface area contributed by atoms with Crippen molar-refractivity contribution in [3.63, 3.8) is 0 Å². The predicted molar refractivity (Wildman–Crippen MR) is 91.7 cm³/mol. The molecule has 6 nitrogen and oxygen atoms in total. The lowest BCUT2D eigenvalue weighted by molar-refractivity contribution is 0.430. The van der Waals surface area contributed by atoms with Gasteiger partial charge in [0, 0.05) is 11.6 Å². The Hall–Kier alpha value is -3.41. The zero-order valence-corrected chi connectivity index (χ0v) is 12.9. The minimum atomic E-state index is -0.184. The molecule has 0 radical (unpaired) electrons. The second-order valence-corrected chi connectivity index (χ2v) is 5.37. The van der Waals surface area contributed by atoms with Crippen molar-refractivity contribution in [3.8, 4) is 11.3 Å². The quantitative estimate of drug-likeness (QED) is 0.628. The first-order chi connectivity index (χ1) is 11.7. The van der Waals surface area contributed by atoms with Crippen LogP contribution in [0, 0.1) is 6.92 Å². The van der Waals surface area contributed by atoms with E-state index in [-0.39, 0.29) is 5.56 Å². The molecule has 4 aromatic rings. The molecule has 0 amide bonds. The highest BCUT2D eigenvalue weighted by molar-refractivity contribution is 5.77. The molecule has 2 aromatic heterocycles. The largest absolute Gasteiger partial charge is 0.336 e. The van der Waals surface area contributed by atoms with E-state index in [0.717, 1.165) is 5.56 Å². The van der Waals surface area contributed by atoms with Crippen LogP contribution in [0.25, 0.3) is 22.2 Å². The van der Waals surface area contributed by atoms with Crippen molar-refractivity contribution >= 4 is 16.8 Å². The third-order valence-corrected chi connectivity index (χ3v) is 3.75. The van der Waals surface area contributed by atoms with Crippen LogP contribution in [0.4, 0.5) is 5.88 Å². The SMILES string of the molecule is Cc1nc2ccccc2c(=O)n1Nc1cc(-c2ccccc2)no1. The number of aryl methyl sites for hydroxylation is 1. The van der Waals surface area contributed by atoms with E-state index < -0.39 is 0 Å². The Morgan fingerprint density at radius 2 is 1.79 bits per heavy atom. The van der Waals surface area contributed by atoms with Gasteiger partial charge >= 0.3 is 0 Å². The second kappa shape index (κ2) is 5.66. The highest BCUT2D eigenvalue weighted by Crippen LogP contribution is 2.21. The maximum absolute atomic E-state index is 12.6. The van der Waals surface area contributed by atoms with Gasteiger partial charge in [0.2, 0.25) is 5.88 Å². The molecule has 118 valence electrons. The van der Waals surface area contributed by atoms with Crippen LogP contribution in [0.1, 0.15) is 5.82 Å². The normalized spacial score (nSPS) is 10.9. The Balaban J connectivity index is 1.73. The molecule has 0 aliphatic rings. The number of fused-ring (bicyclic) bond motifs is 1. The van der Waals surface area contributed by atoms with Crippen molar-refractivity contribution in [3.05, 3.63) is 76.8 Å². The number of para-hydroxylation sites is 1. The summed E-state index contributed by atoms with van der Waals surface area (Å²) in [5, 5.41) is 4.57. The van der Waals surface area contributed by atoms with Crippen molar-refractivity contribution in [2.24, 2.45) is 0 Å². The third kappa shape index (κ3) is 2.44.